The van der Waals surface area contributed by atoms with E-state index in [0.29, 0.717) is 13.0 Å². The van der Waals surface area contributed by atoms with E-state index in [4.69, 9.17) is 11.0 Å². The normalized spacial score (nSPS) is 19.3. The van der Waals surface area contributed by atoms with Gasteiger partial charge in [-0.1, -0.05) is 0 Å². The number of likely N-dealkylation sites (tertiary alicyclic amines) is 1. The van der Waals surface area contributed by atoms with Gasteiger partial charge in [-0.2, -0.15) is 5.26 Å². The van der Waals surface area contributed by atoms with Crippen molar-refractivity contribution in [1.29, 1.82) is 5.26 Å². The van der Waals surface area contributed by atoms with Crippen molar-refractivity contribution in [3.63, 3.8) is 0 Å². The molecule has 1 fully saturated rings. The second-order valence-electron chi connectivity index (χ2n) is 5.67. The van der Waals surface area contributed by atoms with Crippen molar-refractivity contribution < 1.29 is 9.90 Å². The summed E-state index contributed by atoms with van der Waals surface area (Å²) in [6, 6.07) is 6.17. The highest BCUT2D eigenvalue weighted by Crippen LogP contribution is 2.24. The fourth-order valence-electron chi connectivity index (χ4n) is 3.04. The largest absolute Gasteiger partial charge is 0.508 e. The Hall–Kier alpha value is -2.52. The Morgan fingerprint density at radius 1 is 1.59 bits per heavy atom. The number of hydrogen-bond acceptors (Lipinski definition) is 4. The Bertz CT molecular complexity index is 746. The minimum absolute atomic E-state index is 0.178. The predicted molar refractivity (Wildman–Crippen MR) is 82.0 cm³/mol. The lowest BCUT2D eigenvalue weighted by molar-refractivity contribution is -0.132. The van der Waals surface area contributed by atoms with Crippen molar-refractivity contribution in [2.75, 3.05) is 6.54 Å². The van der Waals surface area contributed by atoms with E-state index >= 15 is 0 Å². The summed E-state index contributed by atoms with van der Waals surface area (Å²) in [4.78, 5) is 17.1. The number of H-pyrrole nitrogens is 1. The summed E-state index contributed by atoms with van der Waals surface area (Å²) in [6.45, 7) is 0.597. The maximum Gasteiger partial charge on any atom is 0.240 e. The van der Waals surface area contributed by atoms with Crippen LogP contribution >= 0.6 is 0 Å². The Labute approximate surface area is 128 Å². The molecule has 0 bridgehead atoms. The second kappa shape index (κ2) is 5.70. The average molecular weight is 298 g/mol. The number of nitrogens with two attached hydrogens (primary N) is 1. The molecule has 0 aliphatic carbocycles. The van der Waals surface area contributed by atoms with Gasteiger partial charge in [-0.3, -0.25) is 4.79 Å². The van der Waals surface area contributed by atoms with Crippen molar-refractivity contribution in [1.82, 2.24) is 9.88 Å². The maximum atomic E-state index is 12.4. The summed E-state index contributed by atoms with van der Waals surface area (Å²) in [7, 11) is 0. The SMILES string of the molecule is N#CC1CCCN1C(=O)C(N)Cc1c[nH]c2ccc(O)cc12. The van der Waals surface area contributed by atoms with Gasteiger partial charge in [0.15, 0.2) is 0 Å². The molecule has 0 radical (unpaired) electrons. The summed E-state index contributed by atoms with van der Waals surface area (Å²) < 4.78 is 0. The van der Waals surface area contributed by atoms with Gasteiger partial charge in [0.05, 0.1) is 12.1 Å². The van der Waals surface area contributed by atoms with E-state index in [-0.39, 0.29) is 17.7 Å². The Kier molecular flexibility index (Phi) is 3.73. The smallest absolute Gasteiger partial charge is 0.240 e. The summed E-state index contributed by atoms with van der Waals surface area (Å²) in [5, 5.41) is 19.5. The first-order chi connectivity index (χ1) is 10.6. The van der Waals surface area contributed by atoms with Gasteiger partial charge in [-0.15, -0.1) is 0 Å². The third-order valence-electron chi connectivity index (χ3n) is 4.19. The van der Waals surface area contributed by atoms with E-state index in [1.54, 1.807) is 23.1 Å². The van der Waals surface area contributed by atoms with Crippen molar-refractivity contribution in [2.24, 2.45) is 5.73 Å². The van der Waals surface area contributed by atoms with Crippen molar-refractivity contribution in [3.8, 4) is 11.8 Å². The topological polar surface area (TPSA) is 106 Å². The lowest BCUT2D eigenvalue weighted by Gasteiger charge is -2.23. The number of rotatable bonds is 3. The number of hydrogen-bond donors (Lipinski definition) is 3. The quantitative estimate of drug-likeness (QED) is 0.793. The van der Waals surface area contributed by atoms with Crippen molar-refractivity contribution in [3.05, 3.63) is 30.0 Å². The third-order valence-corrected chi connectivity index (χ3v) is 4.19. The zero-order chi connectivity index (χ0) is 15.7. The zero-order valence-electron chi connectivity index (χ0n) is 12.1. The van der Waals surface area contributed by atoms with E-state index in [9.17, 15) is 9.90 Å². The summed E-state index contributed by atoms with van der Waals surface area (Å²) in [5.74, 6) is -0.00381. The van der Waals surface area contributed by atoms with Gasteiger partial charge in [0, 0.05) is 23.6 Å². The number of fused-ring (bicyclic) bond motifs is 1. The minimum atomic E-state index is -0.685. The van der Waals surface area contributed by atoms with Gasteiger partial charge in [-0.25, -0.2) is 0 Å². The molecule has 1 aliphatic rings. The number of nitrogens with zero attached hydrogens (tertiary/aromatic N) is 2. The van der Waals surface area contributed by atoms with Crippen LogP contribution in [0.1, 0.15) is 18.4 Å². The second-order valence-corrected chi connectivity index (χ2v) is 5.67. The number of aromatic amines is 1. The molecule has 3 rings (SSSR count). The first kappa shape index (κ1) is 14.4. The number of nitrogens with one attached hydrogen (secondary N) is 1. The lowest BCUT2D eigenvalue weighted by atomic mass is 10.0. The molecule has 2 heterocycles. The van der Waals surface area contributed by atoms with E-state index < -0.39 is 6.04 Å². The van der Waals surface area contributed by atoms with Crippen LogP contribution in [0.5, 0.6) is 5.75 Å². The third kappa shape index (κ3) is 2.51. The predicted octanol–water partition coefficient (Wildman–Crippen LogP) is 1.26. The molecule has 1 aromatic heterocycles. The number of benzene rings is 1. The molecule has 6 heteroatoms. The number of carbonyl (C=O) groups is 1. The molecule has 0 spiro atoms. The molecule has 2 aromatic rings. The monoisotopic (exact) mass is 298 g/mol. The molecule has 1 saturated heterocycles. The van der Waals surface area contributed by atoms with E-state index in [1.165, 1.54) is 0 Å². The van der Waals surface area contributed by atoms with Crippen LogP contribution in [0.3, 0.4) is 0 Å². The van der Waals surface area contributed by atoms with Crippen LogP contribution in [0.15, 0.2) is 24.4 Å². The molecular weight excluding hydrogens is 280 g/mol. The van der Waals surface area contributed by atoms with Gasteiger partial charge >= 0.3 is 0 Å². The summed E-state index contributed by atoms with van der Waals surface area (Å²) in [5.41, 5.74) is 7.84. The number of aromatic nitrogens is 1. The molecule has 4 N–H and O–H groups in total. The van der Waals surface area contributed by atoms with Crippen LogP contribution in [0, 0.1) is 11.3 Å². The standard InChI is InChI=1S/C16H18N4O2/c17-8-11-2-1-5-20(11)16(22)14(18)6-10-9-19-15-4-3-12(21)7-13(10)15/h3-4,7,9,11,14,19,21H,1-2,5-6,18H2. The first-order valence-corrected chi connectivity index (χ1v) is 7.35. The highest BCUT2D eigenvalue weighted by Gasteiger charge is 2.31. The molecule has 1 aliphatic heterocycles. The van der Waals surface area contributed by atoms with E-state index in [0.717, 1.165) is 29.3 Å². The van der Waals surface area contributed by atoms with E-state index in [2.05, 4.69) is 11.1 Å². The number of phenols is 1. The van der Waals surface area contributed by atoms with Crippen LogP contribution in [0.4, 0.5) is 0 Å². The molecule has 22 heavy (non-hydrogen) atoms. The van der Waals surface area contributed by atoms with Gasteiger partial charge in [0.2, 0.25) is 5.91 Å². The van der Waals surface area contributed by atoms with Crippen LogP contribution < -0.4 is 5.73 Å². The number of phenolic OH excluding ortho intramolecular Hbond substituents is 1. The molecule has 2 atom stereocenters. The van der Waals surface area contributed by atoms with Crippen molar-refractivity contribution >= 4 is 16.8 Å². The van der Waals surface area contributed by atoms with Crippen LogP contribution in [0.25, 0.3) is 10.9 Å². The maximum absolute atomic E-state index is 12.4. The Balaban J connectivity index is 1.78. The fourth-order valence-corrected chi connectivity index (χ4v) is 3.04. The molecule has 114 valence electrons. The van der Waals surface area contributed by atoms with Crippen LogP contribution in [-0.2, 0) is 11.2 Å². The van der Waals surface area contributed by atoms with Crippen LogP contribution in [-0.4, -0.2) is 39.5 Å². The minimum Gasteiger partial charge on any atom is -0.508 e. The highest BCUT2D eigenvalue weighted by molar-refractivity contribution is 5.87. The Morgan fingerprint density at radius 3 is 3.18 bits per heavy atom. The molecule has 6 nitrogen and oxygen atoms in total. The average Bonchev–Trinajstić information content (AvgIpc) is 3.13. The Morgan fingerprint density at radius 2 is 2.41 bits per heavy atom. The van der Waals surface area contributed by atoms with Gasteiger partial charge in [0.25, 0.3) is 0 Å². The number of nitriles is 1. The van der Waals surface area contributed by atoms with Gasteiger partial charge in [0.1, 0.15) is 11.8 Å². The number of carbonyl (C=O) groups excluding carboxylic acids is 1. The number of amides is 1. The zero-order valence-corrected chi connectivity index (χ0v) is 12.1. The molecule has 0 saturated carbocycles. The molecule has 2 unspecified atom stereocenters. The highest BCUT2D eigenvalue weighted by atomic mass is 16.3. The fraction of sp³-hybridized carbons (Fsp3) is 0.375. The molecule has 1 aromatic carbocycles. The number of aromatic hydroxyl groups is 1. The van der Waals surface area contributed by atoms with Gasteiger partial charge < -0.3 is 20.7 Å². The van der Waals surface area contributed by atoms with Crippen LogP contribution in [0.2, 0.25) is 0 Å². The van der Waals surface area contributed by atoms with Gasteiger partial charge in [-0.05, 0) is 43.0 Å². The van der Waals surface area contributed by atoms with E-state index in [1.807, 2.05) is 6.20 Å². The first-order valence-electron chi connectivity index (χ1n) is 7.35. The molecular formula is C16H18N4O2. The lowest BCUT2D eigenvalue weighted by Crippen LogP contribution is -2.46. The van der Waals surface area contributed by atoms with Crippen molar-refractivity contribution in [2.45, 2.75) is 31.3 Å². The summed E-state index contributed by atoms with van der Waals surface area (Å²) in [6.07, 6.45) is 3.74. The summed E-state index contributed by atoms with van der Waals surface area (Å²) >= 11 is 0. The molecule has 1 amide bonds.